The lowest BCUT2D eigenvalue weighted by molar-refractivity contribution is -0.185. The van der Waals surface area contributed by atoms with Gasteiger partial charge in [0.25, 0.3) is 0 Å². The third-order valence-corrected chi connectivity index (χ3v) is 7.73. The first-order valence-electron chi connectivity index (χ1n) is 10.0. The van der Waals surface area contributed by atoms with Crippen LogP contribution < -0.4 is 5.73 Å². The number of hydrogen-bond acceptors (Lipinski definition) is 4. The summed E-state index contributed by atoms with van der Waals surface area (Å²) in [5, 5.41) is 0. The Morgan fingerprint density at radius 3 is 2.68 bits per heavy atom. The Morgan fingerprint density at radius 1 is 1.32 bits per heavy atom. The zero-order chi connectivity index (χ0) is 18.1. The van der Waals surface area contributed by atoms with Crippen LogP contribution in [-0.4, -0.2) is 48.2 Å². The predicted molar refractivity (Wildman–Crippen MR) is 97.7 cm³/mol. The van der Waals surface area contributed by atoms with Gasteiger partial charge < -0.3 is 19.9 Å². The molecule has 2 heterocycles. The van der Waals surface area contributed by atoms with E-state index in [1.54, 1.807) is 0 Å². The Labute approximate surface area is 152 Å². The molecule has 0 radical (unpaired) electrons. The molecule has 0 aromatic carbocycles. The van der Waals surface area contributed by atoms with Crippen molar-refractivity contribution in [2.45, 2.75) is 84.0 Å². The molecule has 6 atom stereocenters. The zero-order valence-electron chi connectivity index (χ0n) is 16.3. The molecule has 3 saturated carbocycles. The minimum Gasteiger partial charge on any atom is -0.404 e. The second-order valence-electron chi connectivity index (χ2n) is 9.93. The van der Waals surface area contributed by atoms with E-state index in [1.165, 1.54) is 6.42 Å². The number of hydrogen-bond donors (Lipinski definition) is 1. The Balaban J connectivity index is 1.50. The van der Waals surface area contributed by atoms with E-state index in [0.717, 1.165) is 31.7 Å². The molecule has 0 aromatic heterocycles. The van der Waals surface area contributed by atoms with E-state index in [-0.39, 0.29) is 36.6 Å². The highest BCUT2D eigenvalue weighted by Crippen LogP contribution is 2.64. The monoisotopic (exact) mass is 348 g/mol. The SMILES string of the molecule is CC(C)[C@@H](N)C(=O)N1CCC[C@H]1B1O[C@@H]2[C@@H]3C[C@H](C[C@]2(C)O1)C3(C)C. The Kier molecular flexibility index (Phi) is 4.06. The smallest absolute Gasteiger partial charge is 0.404 e. The van der Waals surface area contributed by atoms with E-state index in [0.29, 0.717) is 11.3 Å². The zero-order valence-corrected chi connectivity index (χ0v) is 16.3. The lowest BCUT2D eigenvalue weighted by Crippen LogP contribution is -2.63. The Bertz CT molecular complexity index is 569. The van der Waals surface area contributed by atoms with Crippen molar-refractivity contribution in [3.63, 3.8) is 0 Å². The van der Waals surface area contributed by atoms with Gasteiger partial charge in [-0.2, -0.15) is 0 Å². The van der Waals surface area contributed by atoms with Crippen molar-refractivity contribution in [2.24, 2.45) is 28.9 Å². The molecular formula is C19H33BN2O3. The third kappa shape index (κ3) is 2.51. The van der Waals surface area contributed by atoms with Crippen LogP contribution in [0.25, 0.3) is 0 Å². The maximum absolute atomic E-state index is 12.8. The van der Waals surface area contributed by atoms with Crippen LogP contribution in [0.4, 0.5) is 0 Å². The van der Waals surface area contributed by atoms with E-state index in [9.17, 15) is 4.79 Å². The van der Waals surface area contributed by atoms with Crippen LogP contribution in [0.3, 0.4) is 0 Å². The summed E-state index contributed by atoms with van der Waals surface area (Å²) in [6.07, 6.45) is 4.44. The van der Waals surface area contributed by atoms with Gasteiger partial charge in [-0.05, 0) is 55.8 Å². The number of likely N-dealkylation sites (tertiary alicyclic amines) is 1. The molecule has 3 aliphatic carbocycles. The topological polar surface area (TPSA) is 64.8 Å². The first-order valence-corrected chi connectivity index (χ1v) is 10.0. The van der Waals surface area contributed by atoms with Crippen LogP contribution in [0.5, 0.6) is 0 Å². The first kappa shape index (κ1) is 17.8. The van der Waals surface area contributed by atoms with Gasteiger partial charge in [-0.1, -0.05) is 27.7 Å². The van der Waals surface area contributed by atoms with Crippen molar-refractivity contribution in [2.75, 3.05) is 6.54 Å². The average Bonchev–Trinajstić information content (AvgIpc) is 3.15. The molecule has 25 heavy (non-hydrogen) atoms. The molecule has 2 aliphatic heterocycles. The first-order chi connectivity index (χ1) is 11.6. The third-order valence-electron chi connectivity index (χ3n) is 7.73. The van der Waals surface area contributed by atoms with E-state index in [1.807, 2.05) is 18.7 Å². The van der Waals surface area contributed by atoms with Gasteiger partial charge in [-0.3, -0.25) is 4.79 Å². The normalized spacial score (nSPS) is 43.2. The number of amides is 1. The molecule has 0 aromatic rings. The van der Waals surface area contributed by atoms with Crippen molar-refractivity contribution in [3.05, 3.63) is 0 Å². The number of carbonyl (C=O) groups excluding carboxylic acids is 1. The summed E-state index contributed by atoms with van der Waals surface area (Å²) in [4.78, 5) is 14.7. The van der Waals surface area contributed by atoms with Crippen LogP contribution in [0.2, 0.25) is 0 Å². The summed E-state index contributed by atoms with van der Waals surface area (Å²) >= 11 is 0. The summed E-state index contributed by atoms with van der Waals surface area (Å²) in [5.41, 5.74) is 6.30. The van der Waals surface area contributed by atoms with Gasteiger partial charge in [0.15, 0.2) is 0 Å². The molecule has 2 saturated heterocycles. The van der Waals surface area contributed by atoms with Gasteiger partial charge in [-0.15, -0.1) is 0 Å². The van der Waals surface area contributed by atoms with E-state index in [2.05, 4.69) is 20.8 Å². The van der Waals surface area contributed by atoms with E-state index in [4.69, 9.17) is 15.0 Å². The van der Waals surface area contributed by atoms with Crippen molar-refractivity contribution >= 4 is 13.0 Å². The van der Waals surface area contributed by atoms with Crippen molar-refractivity contribution < 1.29 is 14.1 Å². The largest absolute Gasteiger partial charge is 0.481 e. The molecule has 5 nitrogen and oxygen atoms in total. The summed E-state index contributed by atoms with van der Waals surface area (Å²) in [7, 11) is -0.295. The molecule has 1 amide bonds. The average molecular weight is 348 g/mol. The molecule has 140 valence electrons. The molecule has 0 spiro atoms. The molecular weight excluding hydrogens is 315 g/mol. The summed E-state index contributed by atoms with van der Waals surface area (Å²) < 4.78 is 13.0. The Hall–Kier alpha value is -0.585. The van der Waals surface area contributed by atoms with Gasteiger partial charge >= 0.3 is 7.12 Å². The fraction of sp³-hybridized carbons (Fsp3) is 0.947. The number of rotatable bonds is 3. The number of nitrogens with two attached hydrogens (primary N) is 1. The number of nitrogens with zero attached hydrogens (tertiary/aromatic N) is 1. The lowest BCUT2D eigenvalue weighted by atomic mass is 9.45. The summed E-state index contributed by atoms with van der Waals surface area (Å²) in [5.74, 6) is 1.52. The van der Waals surface area contributed by atoms with Crippen LogP contribution in [0, 0.1) is 23.2 Å². The van der Waals surface area contributed by atoms with Crippen LogP contribution >= 0.6 is 0 Å². The van der Waals surface area contributed by atoms with Gasteiger partial charge in [-0.25, -0.2) is 0 Å². The van der Waals surface area contributed by atoms with Gasteiger partial charge in [0.1, 0.15) is 0 Å². The van der Waals surface area contributed by atoms with Crippen molar-refractivity contribution in [1.29, 1.82) is 0 Å². The quantitative estimate of drug-likeness (QED) is 0.795. The molecule has 6 heteroatoms. The maximum atomic E-state index is 12.8. The minimum atomic E-state index is -0.438. The van der Waals surface area contributed by atoms with Crippen molar-refractivity contribution in [3.8, 4) is 0 Å². The fourth-order valence-corrected chi connectivity index (χ4v) is 5.73. The van der Waals surface area contributed by atoms with E-state index < -0.39 is 6.04 Å². The van der Waals surface area contributed by atoms with Gasteiger partial charge in [0, 0.05) is 6.54 Å². The highest BCUT2D eigenvalue weighted by atomic mass is 16.7. The maximum Gasteiger partial charge on any atom is 0.481 e. The second kappa shape index (κ2) is 5.70. The number of carbonyl (C=O) groups is 1. The predicted octanol–water partition coefficient (Wildman–Crippen LogP) is 2.23. The molecule has 2 bridgehead atoms. The second-order valence-corrected chi connectivity index (χ2v) is 9.93. The van der Waals surface area contributed by atoms with Gasteiger partial charge in [0.2, 0.25) is 5.91 Å². The summed E-state index contributed by atoms with van der Waals surface area (Å²) in [6, 6.07) is -0.438. The Morgan fingerprint density at radius 2 is 2.04 bits per heavy atom. The molecule has 2 N–H and O–H groups in total. The highest BCUT2D eigenvalue weighted by Gasteiger charge is 2.67. The van der Waals surface area contributed by atoms with Crippen LogP contribution in [-0.2, 0) is 14.1 Å². The molecule has 5 fully saturated rings. The molecule has 5 rings (SSSR count). The molecule has 0 unspecified atom stereocenters. The molecule has 5 aliphatic rings. The highest BCUT2D eigenvalue weighted by molar-refractivity contribution is 6.48. The van der Waals surface area contributed by atoms with E-state index >= 15 is 0 Å². The summed E-state index contributed by atoms with van der Waals surface area (Å²) in [6.45, 7) is 11.7. The van der Waals surface area contributed by atoms with Gasteiger partial charge in [0.05, 0.1) is 23.7 Å². The standard InChI is InChI=1S/C19H33BN2O3/c1-11(2)15(21)17(23)22-8-6-7-14(22)20-24-16-13-9-12(18(13,3)4)10-19(16,5)25-20/h11-16H,6-10,21H2,1-5H3/t12-,13+,14+,15-,16-,19+/m1/s1. The van der Waals surface area contributed by atoms with Crippen LogP contribution in [0.15, 0.2) is 0 Å². The minimum absolute atomic E-state index is 0.0139. The fourth-order valence-electron chi connectivity index (χ4n) is 5.73. The van der Waals surface area contributed by atoms with Crippen molar-refractivity contribution in [1.82, 2.24) is 4.90 Å². The lowest BCUT2D eigenvalue weighted by Gasteiger charge is -2.63. The van der Waals surface area contributed by atoms with Crippen LogP contribution in [0.1, 0.15) is 60.3 Å².